The predicted molar refractivity (Wildman–Crippen MR) is 128 cm³/mol. The van der Waals surface area contributed by atoms with Crippen molar-refractivity contribution in [2.75, 3.05) is 13.7 Å². The van der Waals surface area contributed by atoms with Crippen LogP contribution in [0.4, 0.5) is 0 Å². The largest absolute Gasteiger partial charge is 0.497 e. The summed E-state index contributed by atoms with van der Waals surface area (Å²) in [5, 5.41) is 2.94. The third-order valence-corrected chi connectivity index (χ3v) is 5.37. The summed E-state index contributed by atoms with van der Waals surface area (Å²) in [5.41, 5.74) is 3.05. The lowest BCUT2D eigenvalue weighted by molar-refractivity contribution is -0.142. The third kappa shape index (κ3) is 7.10. The monoisotopic (exact) mass is 446 g/mol. The van der Waals surface area contributed by atoms with E-state index >= 15 is 0 Å². The van der Waals surface area contributed by atoms with Crippen LogP contribution in [0.15, 0.2) is 78.9 Å². The Morgan fingerprint density at radius 2 is 1.52 bits per heavy atom. The zero-order valence-corrected chi connectivity index (χ0v) is 19.3. The molecular weight excluding hydrogens is 416 g/mol. The minimum atomic E-state index is -0.676. The second-order valence-corrected chi connectivity index (χ2v) is 7.85. The highest BCUT2D eigenvalue weighted by Crippen LogP contribution is 2.16. The van der Waals surface area contributed by atoms with Crippen LogP contribution in [0.3, 0.4) is 0 Å². The van der Waals surface area contributed by atoms with Gasteiger partial charge in [-0.3, -0.25) is 9.59 Å². The number of hydrogen-bond donors (Lipinski definition) is 1. The van der Waals surface area contributed by atoms with Crippen LogP contribution in [-0.4, -0.2) is 36.5 Å². The lowest BCUT2D eigenvalue weighted by atomic mass is 10.1. The van der Waals surface area contributed by atoms with E-state index in [2.05, 4.69) is 5.32 Å². The van der Waals surface area contributed by atoms with Crippen LogP contribution in [0, 0.1) is 6.92 Å². The molecule has 6 nitrogen and oxygen atoms in total. The van der Waals surface area contributed by atoms with Crippen molar-refractivity contribution in [1.82, 2.24) is 10.2 Å². The molecule has 0 aliphatic rings. The van der Waals surface area contributed by atoms with Crippen LogP contribution >= 0.6 is 0 Å². The van der Waals surface area contributed by atoms with E-state index in [1.165, 1.54) is 4.90 Å². The fraction of sp³-hybridized carbons (Fsp3) is 0.259. The Balaban J connectivity index is 1.69. The number of methoxy groups -OCH3 is 1. The molecule has 1 atom stereocenters. The molecule has 0 saturated carbocycles. The van der Waals surface area contributed by atoms with Gasteiger partial charge in [0.25, 0.3) is 5.91 Å². The summed E-state index contributed by atoms with van der Waals surface area (Å²) in [6, 6.07) is 23.9. The lowest BCUT2D eigenvalue weighted by Gasteiger charge is -2.29. The van der Waals surface area contributed by atoms with E-state index in [9.17, 15) is 9.59 Å². The van der Waals surface area contributed by atoms with Gasteiger partial charge < -0.3 is 19.7 Å². The van der Waals surface area contributed by atoms with Gasteiger partial charge in [-0.25, -0.2) is 0 Å². The average molecular weight is 447 g/mol. The molecular formula is C27H30N2O4. The minimum absolute atomic E-state index is 0.157. The molecule has 172 valence electrons. The molecule has 0 saturated heterocycles. The molecule has 1 N–H and O–H groups in total. The fourth-order valence-corrected chi connectivity index (χ4v) is 3.30. The first-order valence-corrected chi connectivity index (χ1v) is 10.9. The molecule has 3 aromatic rings. The van der Waals surface area contributed by atoms with E-state index in [0.717, 1.165) is 22.4 Å². The number of nitrogens with one attached hydrogen (secondary N) is 1. The molecule has 0 bridgehead atoms. The van der Waals surface area contributed by atoms with Crippen LogP contribution < -0.4 is 14.8 Å². The molecule has 0 unspecified atom stereocenters. The van der Waals surface area contributed by atoms with Gasteiger partial charge in [0.1, 0.15) is 17.5 Å². The normalized spacial score (nSPS) is 11.4. The average Bonchev–Trinajstić information content (AvgIpc) is 2.86. The van der Waals surface area contributed by atoms with Crippen LogP contribution in [0.25, 0.3) is 0 Å². The molecule has 0 radical (unpaired) electrons. The summed E-state index contributed by atoms with van der Waals surface area (Å²) >= 11 is 0. The van der Waals surface area contributed by atoms with Gasteiger partial charge in [-0.2, -0.15) is 0 Å². The van der Waals surface area contributed by atoms with Gasteiger partial charge in [-0.15, -0.1) is 0 Å². The van der Waals surface area contributed by atoms with Crippen molar-refractivity contribution in [3.05, 3.63) is 95.6 Å². The number of nitrogens with zero attached hydrogens (tertiary/aromatic N) is 1. The molecule has 0 aromatic heterocycles. The second kappa shape index (κ2) is 11.7. The zero-order chi connectivity index (χ0) is 23.6. The van der Waals surface area contributed by atoms with Crippen molar-refractivity contribution in [1.29, 1.82) is 0 Å². The Hall–Kier alpha value is -3.80. The van der Waals surface area contributed by atoms with E-state index in [0.29, 0.717) is 12.3 Å². The highest BCUT2D eigenvalue weighted by Gasteiger charge is 2.26. The Kier molecular flexibility index (Phi) is 8.47. The highest BCUT2D eigenvalue weighted by atomic mass is 16.5. The number of benzene rings is 3. The molecule has 3 rings (SSSR count). The van der Waals surface area contributed by atoms with Crippen LogP contribution in [0.2, 0.25) is 0 Å². The molecule has 0 fully saturated rings. The molecule has 0 spiro atoms. The Morgan fingerprint density at radius 1 is 0.879 bits per heavy atom. The summed E-state index contributed by atoms with van der Waals surface area (Å²) in [6.07, 6.45) is 0. The molecule has 2 amide bonds. The maximum absolute atomic E-state index is 13.1. The summed E-state index contributed by atoms with van der Waals surface area (Å²) in [7, 11) is 1.60. The molecule has 0 aliphatic heterocycles. The Morgan fingerprint density at radius 3 is 2.15 bits per heavy atom. The van der Waals surface area contributed by atoms with Gasteiger partial charge in [-0.05, 0) is 49.2 Å². The first kappa shape index (κ1) is 23.9. The number of carbonyl (C=O) groups excluding carboxylic acids is 2. The van der Waals surface area contributed by atoms with Gasteiger partial charge in [-0.1, -0.05) is 60.2 Å². The third-order valence-electron chi connectivity index (χ3n) is 5.37. The summed E-state index contributed by atoms with van der Waals surface area (Å²) < 4.78 is 10.9. The van der Waals surface area contributed by atoms with E-state index < -0.39 is 6.04 Å². The smallest absolute Gasteiger partial charge is 0.261 e. The van der Waals surface area contributed by atoms with Crippen molar-refractivity contribution in [3.8, 4) is 11.5 Å². The summed E-state index contributed by atoms with van der Waals surface area (Å²) in [4.78, 5) is 27.6. The van der Waals surface area contributed by atoms with Gasteiger partial charge in [0.15, 0.2) is 6.61 Å². The first-order valence-electron chi connectivity index (χ1n) is 10.9. The second-order valence-electron chi connectivity index (χ2n) is 7.85. The molecule has 33 heavy (non-hydrogen) atoms. The number of amides is 2. The zero-order valence-electron chi connectivity index (χ0n) is 19.3. The summed E-state index contributed by atoms with van der Waals surface area (Å²) in [5.74, 6) is 0.837. The Bertz CT molecular complexity index is 1030. The molecule has 6 heteroatoms. The number of rotatable bonds is 10. The van der Waals surface area contributed by atoms with E-state index in [1.54, 1.807) is 26.2 Å². The number of ether oxygens (including phenoxy) is 2. The maximum atomic E-state index is 13.1. The van der Waals surface area contributed by atoms with Gasteiger partial charge in [0.2, 0.25) is 5.91 Å². The topological polar surface area (TPSA) is 67.9 Å². The Labute approximate surface area is 195 Å². The number of para-hydroxylation sites is 1. The van der Waals surface area contributed by atoms with Crippen molar-refractivity contribution in [2.24, 2.45) is 0 Å². The molecule has 3 aromatic carbocycles. The standard InChI is InChI=1S/C27H30N2O4/c1-20-9-11-22(12-10-20)17-28-27(31)21(2)29(18-23-13-15-24(32-3)16-14-23)26(30)19-33-25-7-5-4-6-8-25/h4-16,21H,17-19H2,1-3H3,(H,28,31)/t21-/m1/s1. The number of carbonyl (C=O) groups is 2. The van der Waals surface area contributed by atoms with Crippen molar-refractivity contribution < 1.29 is 19.1 Å². The first-order chi connectivity index (χ1) is 16.0. The quantitative estimate of drug-likeness (QED) is 0.509. The van der Waals surface area contributed by atoms with E-state index in [4.69, 9.17) is 9.47 Å². The number of aryl methyl sites for hydroxylation is 1. The SMILES string of the molecule is COc1ccc(CN(C(=O)COc2ccccc2)[C@H](C)C(=O)NCc2ccc(C)cc2)cc1. The predicted octanol–water partition coefficient (Wildman–Crippen LogP) is 4.12. The minimum Gasteiger partial charge on any atom is -0.497 e. The highest BCUT2D eigenvalue weighted by molar-refractivity contribution is 5.88. The summed E-state index contributed by atoms with van der Waals surface area (Å²) in [6.45, 7) is 4.27. The van der Waals surface area contributed by atoms with Gasteiger partial charge >= 0.3 is 0 Å². The number of hydrogen-bond acceptors (Lipinski definition) is 4. The van der Waals surface area contributed by atoms with Crippen molar-refractivity contribution >= 4 is 11.8 Å². The van der Waals surface area contributed by atoms with E-state index in [1.807, 2.05) is 73.7 Å². The van der Waals surface area contributed by atoms with Crippen molar-refractivity contribution in [3.63, 3.8) is 0 Å². The molecule has 0 heterocycles. The van der Waals surface area contributed by atoms with Crippen LogP contribution in [0.5, 0.6) is 11.5 Å². The van der Waals surface area contributed by atoms with E-state index in [-0.39, 0.29) is 25.0 Å². The maximum Gasteiger partial charge on any atom is 0.261 e. The van der Waals surface area contributed by atoms with Crippen LogP contribution in [-0.2, 0) is 22.7 Å². The fourth-order valence-electron chi connectivity index (χ4n) is 3.30. The van der Waals surface area contributed by atoms with Crippen LogP contribution in [0.1, 0.15) is 23.6 Å². The lowest BCUT2D eigenvalue weighted by Crippen LogP contribution is -2.48. The molecule has 0 aliphatic carbocycles. The van der Waals surface area contributed by atoms with Crippen molar-refractivity contribution in [2.45, 2.75) is 33.0 Å². The van der Waals surface area contributed by atoms with Gasteiger partial charge in [0.05, 0.1) is 7.11 Å². The van der Waals surface area contributed by atoms with Gasteiger partial charge in [0, 0.05) is 13.1 Å².